The van der Waals surface area contributed by atoms with Gasteiger partial charge in [0.2, 0.25) is 0 Å². The predicted octanol–water partition coefficient (Wildman–Crippen LogP) is 4.40. The van der Waals surface area contributed by atoms with Crippen LogP contribution in [0, 0.1) is 11.2 Å². The fourth-order valence-electron chi connectivity index (χ4n) is 4.28. The molecule has 1 aromatic rings. The van der Waals surface area contributed by atoms with Crippen molar-refractivity contribution in [2.45, 2.75) is 57.9 Å². The topological polar surface area (TPSA) is 29.3 Å². The molecule has 0 amide bonds. The Morgan fingerprint density at radius 2 is 1.76 bits per heavy atom. The minimum absolute atomic E-state index is 0.166. The molecule has 3 heteroatoms. The molecule has 0 bridgehead atoms. The largest absolute Gasteiger partial charge is 0.371 e. The van der Waals surface area contributed by atoms with Gasteiger partial charge in [-0.05, 0) is 50.2 Å². The van der Waals surface area contributed by atoms with Crippen molar-refractivity contribution in [3.8, 4) is 0 Å². The third-order valence-electron chi connectivity index (χ3n) is 5.56. The van der Waals surface area contributed by atoms with Gasteiger partial charge in [0.25, 0.3) is 0 Å². The number of hydrogen-bond donors (Lipinski definition) is 1. The predicted molar refractivity (Wildman–Crippen MR) is 86.0 cm³/mol. The van der Waals surface area contributed by atoms with Crippen LogP contribution >= 0.6 is 0 Å². The summed E-state index contributed by atoms with van der Waals surface area (Å²) < 4.78 is 14.1. The highest BCUT2D eigenvalue weighted by molar-refractivity contribution is 5.55. The van der Waals surface area contributed by atoms with Crippen molar-refractivity contribution in [3.63, 3.8) is 0 Å². The molecule has 0 aromatic heterocycles. The summed E-state index contributed by atoms with van der Waals surface area (Å²) in [5.74, 6) is -0.166. The number of halogens is 1. The Balaban J connectivity index is 1.76. The molecule has 1 saturated carbocycles. The van der Waals surface area contributed by atoms with Gasteiger partial charge in [0, 0.05) is 30.4 Å². The number of benzene rings is 1. The molecule has 1 aliphatic carbocycles. The van der Waals surface area contributed by atoms with Crippen LogP contribution in [0.5, 0.6) is 0 Å². The molecule has 3 rings (SSSR count). The highest BCUT2D eigenvalue weighted by atomic mass is 19.1. The Morgan fingerprint density at radius 3 is 2.38 bits per heavy atom. The van der Waals surface area contributed by atoms with E-state index in [-0.39, 0.29) is 11.9 Å². The van der Waals surface area contributed by atoms with Crippen LogP contribution in [0.3, 0.4) is 0 Å². The van der Waals surface area contributed by atoms with Crippen LogP contribution in [-0.2, 0) is 0 Å². The van der Waals surface area contributed by atoms with Crippen molar-refractivity contribution >= 4 is 5.69 Å². The molecule has 1 saturated heterocycles. The Labute approximate surface area is 127 Å². The van der Waals surface area contributed by atoms with Gasteiger partial charge in [-0.25, -0.2) is 4.39 Å². The Bertz CT molecular complexity index is 482. The van der Waals surface area contributed by atoms with E-state index >= 15 is 0 Å². The summed E-state index contributed by atoms with van der Waals surface area (Å²) in [4.78, 5) is 2.35. The van der Waals surface area contributed by atoms with Crippen LogP contribution in [-0.4, -0.2) is 13.1 Å². The fourth-order valence-corrected chi connectivity index (χ4v) is 4.28. The van der Waals surface area contributed by atoms with Crippen molar-refractivity contribution in [3.05, 3.63) is 29.6 Å². The maximum atomic E-state index is 14.1. The first-order valence-corrected chi connectivity index (χ1v) is 8.40. The van der Waals surface area contributed by atoms with Crippen molar-refractivity contribution in [2.75, 3.05) is 18.0 Å². The lowest BCUT2D eigenvalue weighted by Gasteiger charge is -2.45. The fraction of sp³-hybridized carbons (Fsp3) is 0.667. The highest BCUT2D eigenvalue weighted by Gasteiger charge is 2.36. The van der Waals surface area contributed by atoms with E-state index in [1.165, 1.54) is 51.0 Å². The minimum atomic E-state index is -0.258. The van der Waals surface area contributed by atoms with Crippen molar-refractivity contribution in [1.82, 2.24) is 0 Å². The molecule has 0 radical (unpaired) electrons. The van der Waals surface area contributed by atoms with Gasteiger partial charge in [0.15, 0.2) is 0 Å². The van der Waals surface area contributed by atoms with Gasteiger partial charge in [-0.3, -0.25) is 0 Å². The molecule has 0 unspecified atom stereocenters. The molecule has 2 aliphatic rings. The van der Waals surface area contributed by atoms with E-state index in [1.807, 2.05) is 19.1 Å². The smallest absolute Gasteiger partial charge is 0.130 e. The first-order chi connectivity index (χ1) is 10.1. The Hall–Kier alpha value is -1.09. The molecule has 2 N–H and O–H groups in total. The van der Waals surface area contributed by atoms with E-state index in [1.54, 1.807) is 0 Å². The lowest BCUT2D eigenvalue weighted by atomic mass is 9.68. The Morgan fingerprint density at radius 1 is 1.10 bits per heavy atom. The third-order valence-corrected chi connectivity index (χ3v) is 5.56. The van der Waals surface area contributed by atoms with Crippen LogP contribution in [0.2, 0.25) is 0 Å². The Kier molecular flexibility index (Phi) is 4.21. The summed E-state index contributed by atoms with van der Waals surface area (Å²) in [6.07, 6.45) is 9.48. The van der Waals surface area contributed by atoms with Crippen LogP contribution in [0.15, 0.2) is 18.2 Å². The first kappa shape index (κ1) is 14.8. The molecular weight excluding hydrogens is 263 g/mol. The second-order valence-corrected chi connectivity index (χ2v) is 7.01. The van der Waals surface area contributed by atoms with Gasteiger partial charge in [-0.2, -0.15) is 0 Å². The monoisotopic (exact) mass is 290 g/mol. The van der Waals surface area contributed by atoms with Gasteiger partial charge in [0.1, 0.15) is 5.82 Å². The van der Waals surface area contributed by atoms with E-state index in [0.717, 1.165) is 18.8 Å². The summed E-state index contributed by atoms with van der Waals surface area (Å²) in [7, 11) is 0. The molecule has 116 valence electrons. The molecule has 1 aromatic carbocycles. The maximum Gasteiger partial charge on any atom is 0.130 e. The lowest BCUT2D eigenvalue weighted by molar-refractivity contribution is 0.144. The van der Waals surface area contributed by atoms with Crippen molar-refractivity contribution in [2.24, 2.45) is 11.1 Å². The number of hydrogen-bond acceptors (Lipinski definition) is 2. The molecule has 1 atom stereocenters. The summed E-state index contributed by atoms with van der Waals surface area (Å²) in [6.45, 7) is 3.96. The molecular formula is C18H27FN2. The van der Waals surface area contributed by atoms with Gasteiger partial charge in [-0.1, -0.05) is 25.3 Å². The lowest BCUT2D eigenvalue weighted by Crippen LogP contribution is -2.41. The SMILES string of the molecule is C[C@H](N)c1c(F)cccc1N1CCC2(CCCCC2)CC1. The maximum absolute atomic E-state index is 14.1. The van der Waals surface area contributed by atoms with E-state index in [2.05, 4.69) is 4.90 Å². The summed E-state index contributed by atoms with van der Waals surface area (Å²) >= 11 is 0. The second-order valence-electron chi connectivity index (χ2n) is 7.01. The number of rotatable bonds is 2. The number of nitrogens with two attached hydrogens (primary N) is 1. The first-order valence-electron chi connectivity index (χ1n) is 8.40. The summed E-state index contributed by atoms with van der Waals surface area (Å²) in [5.41, 5.74) is 8.26. The molecule has 1 aliphatic heterocycles. The molecule has 21 heavy (non-hydrogen) atoms. The zero-order valence-corrected chi connectivity index (χ0v) is 13.1. The molecule has 2 nitrogen and oxygen atoms in total. The molecule has 2 fully saturated rings. The average molecular weight is 290 g/mol. The van der Waals surface area contributed by atoms with Gasteiger partial charge >= 0.3 is 0 Å². The van der Waals surface area contributed by atoms with Crippen LogP contribution in [0.25, 0.3) is 0 Å². The van der Waals surface area contributed by atoms with Crippen molar-refractivity contribution < 1.29 is 4.39 Å². The standard InChI is InChI=1S/C18H27FN2/c1-14(20)17-15(19)6-5-7-16(17)21-12-10-18(11-13-21)8-3-2-4-9-18/h5-7,14H,2-4,8-13,20H2,1H3/t14-/m0/s1. The second kappa shape index (κ2) is 5.96. The van der Waals surface area contributed by atoms with Gasteiger partial charge < -0.3 is 10.6 Å². The average Bonchev–Trinajstić information content (AvgIpc) is 2.48. The van der Waals surface area contributed by atoms with Crippen molar-refractivity contribution in [1.29, 1.82) is 0 Å². The van der Waals surface area contributed by atoms with Crippen LogP contribution < -0.4 is 10.6 Å². The zero-order chi connectivity index (χ0) is 14.9. The van der Waals surface area contributed by atoms with Crippen LogP contribution in [0.4, 0.5) is 10.1 Å². The van der Waals surface area contributed by atoms with E-state index < -0.39 is 0 Å². The zero-order valence-electron chi connectivity index (χ0n) is 13.1. The number of piperidine rings is 1. The van der Waals surface area contributed by atoms with E-state index in [0.29, 0.717) is 11.0 Å². The number of anilines is 1. The summed E-state index contributed by atoms with van der Waals surface area (Å²) in [6, 6.07) is 5.10. The van der Waals surface area contributed by atoms with Gasteiger partial charge in [-0.15, -0.1) is 0 Å². The van der Waals surface area contributed by atoms with Crippen LogP contribution in [0.1, 0.15) is 63.5 Å². The van der Waals surface area contributed by atoms with Gasteiger partial charge in [0.05, 0.1) is 0 Å². The summed E-state index contributed by atoms with van der Waals surface area (Å²) in [5, 5.41) is 0. The molecule has 1 heterocycles. The third kappa shape index (κ3) is 2.94. The quantitative estimate of drug-likeness (QED) is 0.875. The molecule has 1 spiro atoms. The van der Waals surface area contributed by atoms with E-state index in [4.69, 9.17) is 5.73 Å². The normalized spacial score (nSPS) is 23.3. The number of nitrogens with zero attached hydrogens (tertiary/aromatic N) is 1. The highest BCUT2D eigenvalue weighted by Crippen LogP contribution is 2.45. The van der Waals surface area contributed by atoms with E-state index in [9.17, 15) is 4.39 Å². The minimum Gasteiger partial charge on any atom is -0.371 e.